The van der Waals surface area contributed by atoms with Crippen molar-refractivity contribution in [1.29, 1.82) is 0 Å². The van der Waals surface area contributed by atoms with Gasteiger partial charge >= 0.3 is 0 Å². The second-order valence-corrected chi connectivity index (χ2v) is 5.52. The largest absolute Gasteiger partial charge is 0.337 e. The standard InChI is InChI=1S/C10H13BrN2OS/c1-7-12-9(6-15-7)10(14)13-3-2-8(4-11)5-13/h6,8H,2-5H2,1H3. The summed E-state index contributed by atoms with van der Waals surface area (Å²) in [7, 11) is 0. The van der Waals surface area contributed by atoms with Gasteiger partial charge in [-0.3, -0.25) is 4.79 Å². The average Bonchev–Trinajstić information content (AvgIpc) is 2.84. The van der Waals surface area contributed by atoms with Crippen molar-refractivity contribution in [2.75, 3.05) is 18.4 Å². The fraction of sp³-hybridized carbons (Fsp3) is 0.600. The van der Waals surface area contributed by atoms with Crippen molar-refractivity contribution in [3.05, 3.63) is 16.1 Å². The third kappa shape index (κ3) is 2.39. The van der Waals surface area contributed by atoms with Crippen LogP contribution in [0.15, 0.2) is 5.38 Å². The van der Waals surface area contributed by atoms with Crippen LogP contribution in [0.25, 0.3) is 0 Å². The Bertz CT molecular complexity index is 366. The van der Waals surface area contributed by atoms with E-state index < -0.39 is 0 Å². The van der Waals surface area contributed by atoms with Crippen molar-refractivity contribution in [3.63, 3.8) is 0 Å². The lowest BCUT2D eigenvalue weighted by molar-refractivity contribution is 0.0783. The van der Waals surface area contributed by atoms with Gasteiger partial charge in [0.15, 0.2) is 0 Å². The van der Waals surface area contributed by atoms with Gasteiger partial charge in [0.05, 0.1) is 5.01 Å². The van der Waals surface area contributed by atoms with Crippen LogP contribution in [0.5, 0.6) is 0 Å². The van der Waals surface area contributed by atoms with Gasteiger partial charge in [0, 0.05) is 23.8 Å². The van der Waals surface area contributed by atoms with Crippen LogP contribution in [-0.2, 0) is 0 Å². The third-order valence-corrected chi connectivity index (χ3v) is 4.32. The van der Waals surface area contributed by atoms with Crippen LogP contribution in [0.1, 0.15) is 21.9 Å². The number of carbonyl (C=O) groups is 1. The minimum atomic E-state index is 0.0859. The molecular weight excluding hydrogens is 276 g/mol. The molecule has 1 atom stereocenters. The molecule has 1 amide bonds. The lowest BCUT2D eigenvalue weighted by Crippen LogP contribution is -2.29. The van der Waals surface area contributed by atoms with Crippen molar-refractivity contribution in [2.24, 2.45) is 5.92 Å². The van der Waals surface area contributed by atoms with E-state index in [1.807, 2.05) is 17.2 Å². The molecule has 2 rings (SSSR count). The first kappa shape index (κ1) is 11.1. The zero-order valence-corrected chi connectivity index (χ0v) is 11.0. The van der Waals surface area contributed by atoms with Crippen molar-refractivity contribution in [3.8, 4) is 0 Å². The molecule has 0 bridgehead atoms. The van der Waals surface area contributed by atoms with E-state index >= 15 is 0 Å². The molecule has 82 valence electrons. The molecule has 0 saturated carbocycles. The summed E-state index contributed by atoms with van der Waals surface area (Å²) in [6, 6.07) is 0. The van der Waals surface area contributed by atoms with E-state index in [-0.39, 0.29) is 5.91 Å². The fourth-order valence-electron chi connectivity index (χ4n) is 1.77. The summed E-state index contributed by atoms with van der Waals surface area (Å²) in [6.45, 7) is 3.65. The van der Waals surface area contributed by atoms with Gasteiger partial charge in [-0.1, -0.05) is 15.9 Å². The van der Waals surface area contributed by atoms with Crippen molar-refractivity contribution < 1.29 is 4.79 Å². The Balaban J connectivity index is 2.03. The molecule has 0 spiro atoms. The second kappa shape index (κ2) is 4.61. The summed E-state index contributed by atoms with van der Waals surface area (Å²) in [5.74, 6) is 0.691. The van der Waals surface area contributed by atoms with Crippen LogP contribution in [0.2, 0.25) is 0 Å². The SMILES string of the molecule is Cc1nc(C(=O)N2CCC(CBr)C2)cs1. The van der Waals surface area contributed by atoms with Crippen LogP contribution < -0.4 is 0 Å². The number of likely N-dealkylation sites (tertiary alicyclic amines) is 1. The van der Waals surface area contributed by atoms with Crippen LogP contribution in [0.4, 0.5) is 0 Å². The van der Waals surface area contributed by atoms with E-state index in [1.165, 1.54) is 11.3 Å². The smallest absolute Gasteiger partial charge is 0.273 e. The van der Waals surface area contributed by atoms with E-state index in [4.69, 9.17) is 0 Å². The maximum absolute atomic E-state index is 12.0. The van der Waals surface area contributed by atoms with Crippen molar-refractivity contribution in [2.45, 2.75) is 13.3 Å². The molecule has 0 N–H and O–H groups in total. The van der Waals surface area contributed by atoms with Gasteiger partial charge in [-0.05, 0) is 19.3 Å². The van der Waals surface area contributed by atoms with Gasteiger partial charge < -0.3 is 4.90 Å². The molecule has 2 heterocycles. The lowest BCUT2D eigenvalue weighted by Gasteiger charge is -2.14. The molecule has 3 nitrogen and oxygen atoms in total. The third-order valence-electron chi connectivity index (χ3n) is 2.63. The topological polar surface area (TPSA) is 33.2 Å². The zero-order valence-electron chi connectivity index (χ0n) is 8.57. The quantitative estimate of drug-likeness (QED) is 0.783. The summed E-state index contributed by atoms with van der Waals surface area (Å²) in [5.41, 5.74) is 0.604. The summed E-state index contributed by atoms with van der Waals surface area (Å²) >= 11 is 4.99. The molecule has 0 aliphatic carbocycles. The number of nitrogens with zero attached hydrogens (tertiary/aromatic N) is 2. The Hall–Kier alpha value is -0.420. The predicted molar refractivity (Wildman–Crippen MR) is 64.7 cm³/mol. The van der Waals surface area contributed by atoms with E-state index in [0.29, 0.717) is 11.6 Å². The predicted octanol–water partition coefficient (Wildman–Crippen LogP) is 2.31. The molecule has 5 heteroatoms. The number of hydrogen-bond acceptors (Lipinski definition) is 3. The van der Waals surface area contributed by atoms with Gasteiger partial charge in [0.1, 0.15) is 5.69 Å². The molecule has 1 aromatic heterocycles. The first-order valence-corrected chi connectivity index (χ1v) is 6.98. The molecular formula is C10H13BrN2OS. The van der Waals surface area contributed by atoms with Crippen LogP contribution in [0.3, 0.4) is 0 Å². The van der Waals surface area contributed by atoms with E-state index in [0.717, 1.165) is 29.8 Å². The number of halogens is 1. The summed E-state index contributed by atoms with van der Waals surface area (Å²) in [5, 5.41) is 3.78. The fourth-order valence-corrected chi connectivity index (χ4v) is 2.88. The highest BCUT2D eigenvalue weighted by Gasteiger charge is 2.27. The van der Waals surface area contributed by atoms with Crippen molar-refractivity contribution >= 4 is 33.2 Å². The monoisotopic (exact) mass is 288 g/mol. The van der Waals surface area contributed by atoms with Gasteiger partial charge in [-0.15, -0.1) is 11.3 Å². The molecule has 15 heavy (non-hydrogen) atoms. The normalized spacial score (nSPS) is 20.9. The number of hydrogen-bond donors (Lipinski definition) is 0. The lowest BCUT2D eigenvalue weighted by atomic mass is 10.2. The Morgan fingerprint density at radius 2 is 2.60 bits per heavy atom. The Kier molecular flexibility index (Phi) is 3.41. The molecule has 1 aliphatic heterocycles. The maximum atomic E-state index is 12.0. The van der Waals surface area contributed by atoms with Crippen molar-refractivity contribution in [1.82, 2.24) is 9.88 Å². The second-order valence-electron chi connectivity index (χ2n) is 3.81. The molecule has 1 aliphatic rings. The summed E-state index contributed by atoms with van der Waals surface area (Å²) in [6.07, 6.45) is 1.10. The number of alkyl halides is 1. The minimum absolute atomic E-state index is 0.0859. The van der Waals surface area contributed by atoms with Gasteiger partial charge in [0.2, 0.25) is 0 Å². The molecule has 1 aromatic rings. The number of aromatic nitrogens is 1. The highest BCUT2D eigenvalue weighted by molar-refractivity contribution is 9.09. The minimum Gasteiger partial charge on any atom is -0.337 e. The van der Waals surface area contributed by atoms with Gasteiger partial charge in [0.25, 0.3) is 5.91 Å². The van der Waals surface area contributed by atoms with Crippen LogP contribution in [-0.4, -0.2) is 34.2 Å². The molecule has 1 fully saturated rings. The highest BCUT2D eigenvalue weighted by atomic mass is 79.9. The summed E-state index contributed by atoms with van der Waals surface area (Å²) in [4.78, 5) is 18.1. The Morgan fingerprint density at radius 3 is 3.13 bits per heavy atom. The molecule has 1 saturated heterocycles. The number of rotatable bonds is 2. The Labute approximate surface area is 102 Å². The van der Waals surface area contributed by atoms with Crippen LogP contribution in [0, 0.1) is 12.8 Å². The highest BCUT2D eigenvalue weighted by Crippen LogP contribution is 2.20. The average molecular weight is 289 g/mol. The van der Waals surface area contributed by atoms with Gasteiger partial charge in [-0.25, -0.2) is 4.98 Å². The maximum Gasteiger partial charge on any atom is 0.273 e. The number of thiazole rings is 1. The van der Waals surface area contributed by atoms with Crippen LogP contribution >= 0.6 is 27.3 Å². The van der Waals surface area contributed by atoms with Gasteiger partial charge in [-0.2, -0.15) is 0 Å². The van der Waals surface area contributed by atoms with E-state index in [1.54, 1.807) is 0 Å². The number of carbonyl (C=O) groups excluding carboxylic acids is 1. The number of amides is 1. The zero-order chi connectivity index (χ0) is 10.8. The Morgan fingerprint density at radius 1 is 1.80 bits per heavy atom. The van der Waals surface area contributed by atoms with E-state index in [9.17, 15) is 4.79 Å². The molecule has 0 aromatic carbocycles. The van der Waals surface area contributed by atoms with E-state index in [2.05, 4.69) is 20.9 Å². The first-order valence-electron chi connectivity index (χ1n) is 4.98. The number of aryl methyl sites for hydroxylation is 1. The molecule has 0 radical (unpaired) electrons. The summed E-state index contributed by atoms with van der Waals surface area (Å²) < 4.78 is 0. The molecule has 1 unspecified atom stereocenters. The first-order chi connectivity index (χ1) is 7.20.